The molecule has 2 N–H and O–H groups in total. The number of halogens is 1. The molecule has 7 heteroatoms. The van der Waals surface area contributed by atoms with Gasteiger partial charge in [0, 0.05) is 17.1 Å². The maximum absolute atomic E-state index is 13.4. The van der Waals surface area contributed by atoms with Crippen LogP contribution in [0.2, 0.25) is 5.02 Å². The fourth-order valence-electron chi connectivity index (χ4n) is 5.27. The van der Waals surface area contributed by atoms with Crippen molar-refractivity contribution in [3.8, 4) is 11.1 Å². The Kier molecular flexibility index (Phi) is 9.57. The predicted octanol–water partition coefficient (Wildman–Crippen LogP) is 7.71. The van der Waals surface area contributed by atoms with Crippen LogP contribution in [0.3, 0.4) is 0 Å². The highest BCUT2D eigenvalue weighted by atomic mass is 35.5. The first kappa shape index (κ1) is 30.4. The molecule has 1 amide bonds. The lowest BCUT2D eigenvalue weighted by Crippen LogP contribution is -2.47. The fourth-order valence-corrected chi connectivity index (χ4v) is 5.39. The van der Waals surface area contributed by atoms with E-state index in [1.807, 2.05) is 52.0 Å². The van der Waals surface area contributed by atoms with Crippen LogP contribution in [0.1, 0.15) is 68.9 Å². The Morgan fingerprint density at radius 1 is 1.02 bits per heavy atom. The number of aliphatic hydroxyl groups is 1. The number of aryl methyl sites for hydroxylation is 1. The van der Waals surface area contributed by atoms with E-state index in [9.17, 15) is 14.7 Å². The van der Waals surface area contributed by atoms with E-state index in [1.165, 1.54) is 11.6 Å². The molecule has 0 saturated carbocycles. The van der Waals surface area contributed by atoms with Gasteiger partial charge in [-0.3, -0.25) is 0 Å². The Morgan fingerprint density at radius 3 is 2.29 bits per heavy atom. The zero-order valence-corrected chi connectivity index (χ0v) is 24.8. The van der Waals surface area contributed by atoms with Gasteiger partial charge in [0.05, 0.1) is 12.6 Å². The van der Waals surface area contributed by atoms with Crippen LogP contribution in [0.15, 0.2) is 72.8 Å². The molecular formula is C34H38ClNO5. The second-order valence-electron chi connectivity index (χ2n) is 11.5. The quantitative estimate of drug-likeness (QED) is 0.269. The van der Waals surface area contributed by atoms with Crippen molar-refractivity contribution in [3.63, 3.8) is 0 Å². The van der Waals surface area contributed by atoms with Gasteiger partial charge in [0.25, 0.3) is 0 Å². The summed E-state index contributed by atoms with van der Waals surface area (Å²) >= 11 is 6.03. The number of ether oxygens (including phenoxy) is 1. The average Bonchev–Trinajstić information content (AvgIpc) is 2.93. The van der Waals surface area contributed by atoms with Gasteiger partial charge in [-0.15, -0.1) is 0 Å². The minimum atomic E-state index is -0.948. The molecule has 0 bridgehead atoms. The van der Waals surface area contributed by atoms with E-state index < -0.39 is 23.8 Å². The topological polar surface area (TPSA) is 87.1 Å². The van der Waals surface area contributed by atoms with Gasteiger partial charge in [0.2, 0.25) is 0 Å². The Bertz CT molecular complexity index is 1410. The molecular weight excluding hydrogens is 538 g/mol. The second-order valence-corrected chi connectivity index (χ2v) is 12.0. The minimum Gasteiger partial charge on any atom is -0.478 e. The van der Waals surface area contributed by atoms with Crippen LogP contribution >= 0.6 is 11.6 Å². The summed E-state index contributed by atoms with van der Waals surface area (Å²) in [6, 6.07) is 21.2. The van der Waals surface area contributed by atoms with Gasteiger partial charge < -0.3 is 19.8 Å². The molecule has 0 unspecified atom stereocenters. The zero-order chi connectivity index (χ0) is 29.7. The largest absolute Gasteiger partial charge is 0.478 e. The normalized spacial score (nSPS) is 16.0. The number of benzene rings is 3. The number of nitrogens with zero attached hydrogens (tertiary/aromatic N) is 1. The predicted molar refractivity (Wildman–Crippen MR) is 163 cm³/mol. The molecule has 1 aliphatic rings. The molecule has 0 heterocycles. The molecule has 1 aliphatic carbocycles. The van der Waals surface area contributed by atoms with Crippen LogP contribution < -0.4 is 0 Å². The van der Waals surface area contributed by atoms with Crippen LogP contribution in [0.4, 0.5) is 4.79 Å². The third-order valence-corrected chi connectivity index (χ3v) is 7.62. The molecule has 0 spiro atoms. The summed E-state index contributed by atoms with van der Waals surface area (Å²) in [4.78, 5) is 26.2. The van der Waals surface area contributed by atoms with E-state index in [2.05, 4.69) is 18.2 Å². The number of rotatable bonds is 8. The van der Waals surface area contributed by atoms with Crippen molar-refractivity contribution < 1.29 is 24.5 Å². The maximum atomic E-state index is 13.4. The van der Waals surface area contributed by atoms with Crippen molar-refractivity contribution >= 4 is 29.2 Å². The fraction of sp³-hybridized carbons (Fsp3) is 0.353. The highest BCUT2D eigenvalue weighted by molar-refractivity contribution is 6.30. The van der Waals surface area contributed by atoms with Crippen LogP contribution in [-0.4, -0.2) is 45.4 Å². The molecule has 3 aromatic rings. The van der Waals surface area contributed by atoms with Crippen LogP contribution in [0.5, 0.6) is 0 Å². The summed E-state index contributed by atoms with van der Waals surface area (Å²) in [5, 5.41) is 20.8. The molecule has 0 radical (unpaired) electrons. The zero-order valence-electron chi connectivity index (χ0n) is 24.1. The number of carbonyl (C=O) groups excluding carboxylic acids is 1. The van der Waals surface area contributed by atoms with Gasteiger partial charge in [-0.05, 0) is 97.5 Å². The summed E-state index contributed by atoms with van der Waals surface area (Å²) in [5.74, 6) is -0.948. The Hall–Kier alpha value is -3.61. The van der Waals surface area contributed by atoms with Crippen molar-refractivity contribution in [1.29, 1.82) is 0 Å². The number of carboxylic acid groups (broad SMARTS) is 1. The number of hydrogen-bond acceptors (Lipinski definition) is 4. The van der Waals surface area contributed by atoms with Crippen LogP contribution in [0.25, 0.3) is 16.7 Å². The average molecular weight is 576 g/mol. The maximum Gasteiger partial charge on any atom is 0.410 e. The third kappa shape index (κ3) is 7.99. The minimum absolute atomic E-state index is 0.112. The molecule has 0 fully saturated rings. The number of aliphatic hydroxyl groups excluding tert-OH is 1. The molecule has 41 heavy (non-hydrogen) atoms. The Balaban J connectivity index is 1.58. The molecule has 3 aromatic carbocycles. The molecule has 0 aromatic heterocycles. The standard InChI is InChI=1S/C34H38ClNO5/c1-5-22(20-32(38)39)23-6-8-24(9-7-23)27-11-10-25-14-17-30(19-28(25)18-27)36(33(40)41-34(2,3)4)21-31(37)26-12-15-29(35)16-13-26/h6-13,15-16,18,20,30-31,37H,5,14,17,19,21H2,1-4H3,(H,38,39)/b22-20+/t30-,31+/m0/s1. The monoisotopic (exact) mass is 575 g/mol. The van der Waals surface area contributed by atoms with Crippen molar-refractivity contribution in [2.24, 2.45) is 0 Å². The van der Waals surface area contributed by atoms with Gasteiger partial charge >= 0.3 is 12.1 Å². The molecule has 4 rings (SSSR count). The molecule has 6 nitrogen and oxygen atoms in total. The number of allylic oxidation sites excluding steroid dienone is 1. The molecule has 0 saturated heterocycles. The number of aliphatic carboxylic acids is 1. The summed E-state index contributed by atoms with van der Waals surface area (Å²) in [6.07, 6.45) is 2.80. The van der Waals surface area contributed by atoms with Crippen molar-refractivity contribution in [2.75, 3.05) is 6.54 Å². The van der Waals surface area contributed by atoms with E-state index in [4.69, 9.17) is 21.4 Å². The Labute approximate surface area is 247 Å². The molecule has 2 atom stereocenters. The molecule has 216 valence electrons. The Morgan fingerprint density at radius 2 is 1.68 bits per heavy atom. The number of fused-ring (bicyclic) bond motifs is 1. The molecule has 0 aliphatic heterocycles. The first-order valence-corrected chi connectivity index (χ1v) is 14.4. The van der Waals surface area contributed by atoms with E-state index in [1.54, 1.807) is 29.2 Å². The lowest BCUT2D eigenvalue weighted by atomic mass is 9.85. The summed E-state index contributed by atoms with van der Waals surface area (Å²) in [6.45, 7) is 7.58. The smallest absolute Gasteiger partial charge is 0.410 e. The van der Waals surface area contributed by atoms with Gasteiger partial charge in [0.1, 0.15) is 5.60 Å². The lowest BCUT2D eigenvalue weighted by molar-refractivity contribution is -0.131. The number of carbonyl (C=O) groups is 2. The van der Waals surface area contributed by atoms with Gasteiger partial charge in [0.15, 0.2) is 0 Å². The SMILES string of the molecule is CC/C(=C\C(=O)O)c1ccc(-c2ccc3c(c2)C[C@@H](N(C[C@@H](O)c2ccc(Cl)cc2)C(=O)OC(C)(C)C)CC3)cc1. The van der Waals surface area contributed by atoms with E-state index in [0.717, 1.165) is 40.7 Å². The van der Waals surface area contributed by atoms with Gasteiger partial charge in [-0.1, -0.05) is 73.1 Å². The summed E-state index contributed by atoms with van der Waals surface area (Å²) < 4.78 is 5.77. The van der Waals surface area contributed by atoms with E-state index in [-0.39, 0.29) is 12.6 Å². The summed E-state index contributed by atoms with van der Waals surface area (Å²) in [5.41, 5.74) is 6.20. The van der Waals surface area contributed by atoms with Crippen LogP contribution in [-0.2, 0) is 22.4 Å². The first-order chi connectivity index (χ1) is 19.4. The number of hydrogen-bond donors (Lipinski definition) is 2. The lowest BCUT2D eigenvalue weighted by Gasteiger charge is -2.37. The first-order valence-electron chi connectivity index (χ1n) is 14.0. The van der Waals surface area contributed by atoms with Crippen molar-refractivity contribution in [3.05, 3.63) is 100 Å². The number of amides is 1. The second kappa shape index (κ2) is 12.9. The highest BCUT2D eigenvalue weighted by Crippen LogP contribution is 2.32. The van der Waals surface area contributed by atoms with Crippen LogP contribution in [0, 0.1) is 0 Å². The van der Waals surface area contributed by atoms with Gasteiger partial charge in [-0.25, -0.2) is 9.59 Å². The summed E-state index contributed by atoms with van der Waals surface area (Å²) in [7, 11) is 0. The van der Waals surface area contributed by atoms with Crippen molar-refractivity contribution in [1.82, 2.24) is 4.90 Å². The van der Waals surface area contributed by atoms with Gasteiger partial charge in [-0.2, -0.15) is 0 Å². The van der Waals surface area contributed by atoms with E-state index >= 15 is 0 Å². The highest BCUT2D eigenvalue weighted by Gasteiger charge is 2.33. The van der Waals surface area contributed by atoms with E-state index in [0.29, 0.717) is 23.4 Å². The van der Waals surface area contributed by atoms with Crippen molar-refractivity contribution in [2.45, 2.75) is 71.1 Å². The third-order valence-electron chi connectivity index (χ3n) is 7.37. The number of carboxylic acids is 1.